The number of carbonyl (C=O) groups is 2. The maximum Gasteiger partial charge on any atom is 0.295 e. The van der Waals surface area contributed by atoms with Crippen LogP contribution in [0, 0.1) is 6.92 Å². The number of methoxy groups -OCH3 is 1. The van der Waals surface area contributed by atoms with E-state index in [0.717, 1.165) is 21.6 Å². The number of ether oxygens (including phenoxy) is 1. The van der Waals surface area contributed by atoms with Gasteiger partial charge in [0.2, 0.25) is 0 Å². The van der Waals surface area contributed by atoms with Gasteiger partial charge in [0.05, 0.1) is 12.7 Å². The van der Waals surface area contributed by atoms with Gasteiger partial charge in [-0.25, -0.2) is 0 Å². The van der Waals surface area contributed by atoms with E-state index in [1.54, 1.807) is 31.6 Å². The van der Waals surface area contributed by atoms with Gasteiger partial charge in [-0.05, 0) is 65.2 Å². The number of Topliss-reactive ketones (excluding diaryl/α,β-unsaturated/α-hetero) is 1. The third-order valence-electron chi connectivity index (χ3n) is 6.07. The summed E-state index contributed by atoms with van der Waals surface area (Å²) in [6, 6.07) is 10.3. The second-order valence-electron chi connectivity index (χ2n) is 9.42. The first-order valence-electron chi connectivity index (χ1n) is 11.0. The zero-order valence-electron chi connectivity index (χ0n) is 20.0. The zero-order chi connectivity index (χ0) is 24.6. The third kappa shape index (κ3) is 4.23. The molecule has 176 valence electrons. The maximum absolute atomic E-state index is 13.3. The van der Waals surface area contributed by atoms with Gasteiger partial charge in [-0.15, -0.1) is 11.3 Å². The summed E-state index contributed by atoms with van der Waals surface area (Å²) in [6.07, 6.45) is 3.31. The molecule has 0 saturated carbocycles. The number of amides is 1. The number of hydrogen-bond donors (Lipinski definition) is 1. The highest BCUT2D eigenvalue weighted by molar-refractivity contribution is 7.10. The number of rotatable bonds is 5. The maximum atomic E-state index is 13.3. The second-order valence-corrected chi connectivity index (χ2v) is 10.4. The van der Waals surface area contributed by atoms with E-state index < -0.39 is 17.7 Å². The summed E-state index contributed by atoms with van der Waals surface area (Å²) in [4.78, 5) is 32.9. The highest BCUT2D eigenvalue weighted by Crippen LogP contribution is 2.44. The van der Waals surface area contributed by atoms with Crippen LogP contribution >= 0.6 is 11.3 Å². The Morgan fingerprint density at radius 3 is 2.44 bits per heavy atom. The Labute approximate surface area is 203 Å². The fraction of sp³-hybridized carbons (Fsp3) is 0.296. The topological polar surface area (TPSA) is 79.7 Å². The summed E-state index contributed by atoms with van der Waals surface area (Å²) in [5, 5.41) is 13.4. The lowest BCUT2D eigenvalue weighted by atomic mass is 9.84. The summed E-state index contributed by atoms with van der Waals surface area (Å²) < 4.78 is 5.52. The zero-order valence-corrected chi connectivity index (χ0v) is 20.8. The molecule has 1 fully saturated rings. The number of aliphatic hydroxyl groups excluding tert-OH is 1. The highest BCUT2D eigenvalue weighted by Gasteiger charge is 2.47. The van der Waals surface area contributed by atoms with Crippen LogP contribution in [0.4, 0.5) is 0 Å². The first-order valence-corrected chi connectivity index (χ1v) is 11.9. The van der Waals surface area contributed by atoms with Gasteiger partial charge in [-0.1, -0.05) is 20.8 Å². The van der Waals surface area contributed by atoms with Gasteiger partial charge in [0.25, 0.3) is 11.7 Å². The van der Waals surface area contributed by atoms with E-state index in [9.17, 15) is 14.7 Å². The van der Waals surface area contributed by atoms with Crippen LogP contribution in [0.2, 0.25) is 0 Å². The van der Waals surface area contributed by atoms with Crippen LogP contribution in [0.15, 0.2) is 59.7 Å². The number of nitrogens with zero attached hydrogens (tertiary/aromatic N) is 2. The molecule has 4 rings (SSSR count). The monoisotopic (exact) mass is 476 g/mol. The fourth-order valence-corrected chi connectivity index (χ4v) is 5.31. The molecule has 0 radical (unpaired) electrons. The van der Waals surface area contributed by atoms with Crippen LogP contribution in [0.1, 0.15) is 53.9 Å². The minimum Gasteiger partial charge on any atom is -0.507 e. The largest absolute Gasteiger partial charge is 0.507 e. The van der Waals surface area contributed by atoms with E-state index in [2.05, 4.69) is 25.8 Å². The van der Waals surface area contributed by atoms with E-state index in [-0.39, 0.29) is 23.3 Å². The molecule has 1 saturated heterocycles. The molecule has 0 bridgehead atoms. The van der Waals surface area contributed by atoms with Crippen LogP contribution in [0.25, 0.3) is 5.76 Å². The minimum atomic E-state index is -0.683. The van der Waals surface area contributed by atoms with E-state index in [1.807, 2.05) is 36.6 Å². The Morgan fingerprint density at radius 2 is 1.85 bits per heavy atom. The molecule has 2 aromatic heterocycles. The van der Waals surface area contributed by atoms with Crippen LogP contribution in [-0.2, 0) is 21.5 Å². The smallest absolute Gasteiger partial charge is 0.295 e. The number of hydrogen-bond acceptors (Lipinski definition) is 6. The summed E-state index contributed by atoms with van der Waals surface area (Å²) in [5.74, 6) is -0.785. The predicted octanol–water partition coefficient (Wildman–Crippen LogP) is 5.38. The van der Waals surface area contributed by atoms with Crippen molar-refractivity contribution in [1.29, 1.82) is 0 Å². The molecule has 0 aliphatic carbocycles. The molecule has 1 aliphatic rings. The Morgan fingerprint density at radius 1 is 1.15 bits per heavy atom. The molecular formula is C27H28N2O4S. The van der Waals surface area contributed by atoms with Gasteiger partial charge in [0.1, 0.15) is 17.6 Å². The molecule has 6 nitrogen and oxygen atoms in total. The number of likely N-dealkylation sites (tertiary alicyclic amines) is 1. The van der Waals surface area contributed by atoms with Gasteiger partial charge in [0.15, 0.2) is 0 Å². The van der Waals surface area contributed by atoms with Crippen LogP contribution in [0.3, 0.4) is 0 Å². The van der Waals surface area contributed by atoms with Crippen molar-refractivity contribution in [2.75, 3.05) is 7.11 Å². The molecule has 1 N–H and O–H groups in total. The van der Waals surface area contributed by atoms with Gasteiger partial charge >= 0.3 is 0 Å². The third-order valence-corrected chi connectivity index (χ3v) is 7.14. The number of thiophene rings is 1. The highest BCUT2D eigenvalue weighted by atomic mass is 32.1. The molecule has 0 spiro atoms. The average molecular weight is 477 g/mol. The van der Waals surface area contributed by atoms with Crippen molar-refractivity contribution in [3.63, 3.8) is 0 Å². The van der Waals surface area contributed by atoms with Crippen molar-refractivity contribution in [1.82, 2.24) is 9.88 Å². The van der Waals surface area contributed by atoms with E-state index in [4.69, 9.17) is 4.74 Å². The van der Waals surface area contributed by atoms with Gasteiger partial charge in [0, 0.05) is 34.9 Å². The van der Waals surface area contributed by atoms with Crippen molar-refractivity contribution >= 4 is 28.8 Å². The molecule has 1 amide bonds. The Balaban J connectivity index is 1.89. The molecule has 3 heterocycles. The molecule has 1 aliphatic heterocycles. The van der Waals surface area contributed by atoms with Gasteiger partial charge in [-0.3, -0.25) is 14.6 Å². The van der Waals surface area contributed by atoms with Crippen molar-refractivity contribution in [3.05, 3.63) is 86.9 Å². The predicted molar refractivity (Wildman–Crippen MR) is 133 cm³/mol. The molecule has 1 unspecified atom stereocenters. The van der Waals surface area contributed by atoms with Crippen molar-refractivity contribution in [2.24, 2.45) is 0 Å². The SMILES string of the molecule is COc1ccc(/C(O)=C2/C(=O)C(=O)N(Cc3ccncc3)C2c2sccc2C)cc1C(C)(C)C. The summed E-state index contributed by atoms with van der Waals surface area (Å²) in [7, 11) is 1.61. The van der Waals surface area contributed by atoms with Gasteiger partial charge in [-0.2, -0.15) is 0 Å². The molecule has 7 heteroatoms. The lowest BCUT2D eigenvalue weighted by Gasteiger charge is -2.25. The summed E-state index contributed by atoms with van der Waals surface area (Å²) >= 11 is 1.47. The van der Waals surface area contributed by atoms with Crippen molar-refractivity contribution in [2.45, 2.75) is 45.7 Å². The number of carbonyl (C=O) groups excluding carboxylic acids is 2. The number of pyridine rings is 1. The average Bonchev–Trinajstić information content (AvgIpc) is 3.34. The van der Waals surface area contributed by atoms with E-state index in [1.165, 1.54) is 16.2 Å². The van der Waals surface area contributed by atoms with E-state index in [0.29, 0.717) is 11.3 Å². The molecule has 3 aromatic rings. The number of aryl methyl sites for hydroxylation is 1. The first kappa shape index (κ1) is 23.7. The molecule has 34 heavy (non-hydrogen) atoms. The number of aliphatic hydroxyl groups is 1. The fourth-order valence-electron chi connectivity index (χ4n) is 4.26. The Bertz CT molecular complexity index is 1270. The minimum absolute atomic E-state index is 0.106. The Kier molecular flexibility index (Phi) is 6.32. The Hall–Kier alpha value is -3.45. The molecule has 1 aromatic carbocycles. The van der Waals surface area contributed by atoms with E-state index >= 15 is 0 Å². The number of aromatic nitrogens is 1. The molecule has 1 atom stereocenters. The summed E-state index contributed by atoms with van der Waals surface area (Å²) in [5.41, 5.74) is 3.05. The first-order chi connectivity index (χ1) is 16.1. The van der Waals surface area contributed by atoms with Crippen LogP contribution in [-0.4, -0.2) is 33.8 Å². The lowest BCUT2D eigenvalue weighted by molar-refractivity contribution is -0.140. The van der Waals surface area contributed by atoms with Crippen molar-refractivity contribution < 1.29 is 19.4 Å². The number of ketones is 1. The van der Waals surface area contributed by atoms with Crippen molar-refractivity contribution in [3.8, 4) is 5.75 Å². The van der Waals surface area contributed by atoms with Gasteiger partial charge < -0.3 is 14.7 Å². The quantitative estimate of drug-likeness (QED) is 0.304. The molecular weight excluding hydrogens is 448 g/mol. The number of benzene rings is 1. The van der Waals surface area contributed by atoms with Crippen LogP contribution < -0.4 is 4.74 Å². The van der Waals surface area contributed by atoms with Crippen LogP contribution in [0.5, 0.6) is 5.75 Å². The standard InChI is InChI=1S/C27H28N2O4S/c1-16-10-13-34-25(16)22-21(24(31)26(32)29(22)15-17-8-11-28-12-9-17)23(30)18-6-7-20(33-5)19(14-18)27(2,3)4/h6-14,22,30H,15H2,1-5H3/b23-21-. The lowest BCUT2D eigenvalue weighted by Crippen LogP contribution is -2.29. The summed E-state index contributed by atoms with van der Waals surface area (Å²) in [6.45, 7) is 8.34. The second kappa shape index (κ2) is 9.06. The normalized spacial score (nSPS) is 17.9.